The molecule has 2 N–H and O–H groups in total. The molecule has 24 heavy (non-hydrogen) atoms. The molecule has 0 atom stereocenters. The molecular weight excluding hydrogens is 318 g/mol. The lowest BCUT2D eigenvalue weighted by Gasteiger charge is -2.11. The summed E-state index contributed by atoms with van der Waals surface area (Å²) in [5.41, 5.74) is 0. The van der Waals surface area contributed by atoms with Crippen molar-refractivity contribution in [2.75, 3.05) is 13.1 Å². The van der Waals surface area contributed by atoms with Gasteiger partial charge in [-0.05, 0) is 45.2 Å². The van der Waals surface area contributed by atoms with Crippen molar-refractivity contribution in [1.29, 1.82) is 0 Å². The second kappa shape index (κ2) is 10.1. The fraction of sp³-hybridized carbons (Fsp3) is 0.556. The number of hydrogen-bond donors (Lipinski definition) is 2. The van der Waals surface area contributed by atoms with E-state index in [1.54, 1.807) is 0 Å². The van der Waals surface area contributed by atoms with Gasteiger partial charge in [0.1, 0.15) is 5.82 Å². The van der Waals surface area contributed by atoms with Crippen molar-refractivity contribution < 1.29 is 0 Å². The summed E-state index contributed by atoms with van der Waals surface area (Å²) in [6.07, 6.45) is 7.25. The number of aromatic nitrogens is 2. The van der Waals surface area contributed by atoms with E-state index in [1.807, 2.05) is 30.7 Å². The van der Waals surface area contributed by atoms with Gasteiger partial charge in [0.05, 0.1) is 6.54 Å². The number of nitrogens with one attached hydrogen (secondary N) is 2. The van der Waals surface area contributed by atoms with Crippen LogP contribution in [0.5, 0.6) is 0 Å². The molecule has 0 saturated heterocycles. The zero-order chi connectivity index (χ0) is 17.2. The Morgan fingerprint density at radius 3 is 2.71 bits per heavy atom. The Morgan fingerprint density at radius 1 is 1.21 bits per heavy atom. The second-order valence-electron chi connectivity index (χ2n) is 5.72. The van der Waals surface area contributed by atoms with Crippen LogP contribution in [0, 0.1) is 6.92 Å². The van der Waals surface area contributed by atoms with E-state index in [0.717, 1.165) is 57.2 Å². The van der Waals surface area contributed by atoms with E-state index in [9.17, 15) is 0 Å². The fourth-order valence-electron chi connectivity index (χ4n) is 2.45. The predicted octanol–water partition coefficient (Wildman–Crippen LogP) is 3.35. The van der Waals surface area contributed by atoms with Crippen molar-refractivity contribution in [1.82, 2.24) is 20.2 Å². The van der Waals surface area contributed by atoms with Crippen LogP contribution in [0.3, 0.4) is 0 Å². The first-order chi connectivity index (χ1) is 11.7. The number of aryl methyl sites for hydroxylation is 3. The van der Waals surface area contributed by atoms with Crippen LogP contribution in [0.25, 0.3) is 0 Å². The van der Waals surface area contributed by atoms with Crippen LogP contribution in [0.2, 0.25) is 0 Å². The maximum atomic E-state index is 4.68. The number of hydrogen-bond acceptors (Lipinski definition) is 3. The summed E-state index contributed by atoms with van der Waals surface area (Å²) >= 11 is 1.85. The summed E-state index contributed by atoms with van der Waals surface area (Å²) in [4.78, 5) is 11.7. The Balaban J connectivity index is 1.71. The lowest BCUT2D eigenvalue weighted by Crippen LogP contribution is -2.37. The minimum Gasteiger partial charge on any atom is -0.357 e. The topological polar surface area (TPSA) is 54.2 Å². The summed E-state index contributed by atoms with van der Waals surface area (Å²) in [5.74, 6) is 1.99. The Bertz CT molecular complexity index is 629. The average molecular weight is 348 g/mol. The monoisotopic (exact) mass is 347 g/mol. The van der Waals surface area contributed by atoms with Gasteiger partial charge in [0.2, 0.25) is 0 Å². The molecule has 2 heterocycles. The van der Waals surface area contributed by atoms with Gasteiger partial charge in [-0.2, -0.15) is 0 Å². The van der Waals surface area contributed by atoms with Crippen LogP contribution in [-0.2, 0) is 19.5 Å². The molecule has 0 spiro atoms. The lowest BCUT2D eigenvalue weighted by molar-refractivity contribution is 0.588. The van der Waals surface area contributed by atoms with Crippen molar-refractivity contribution in [3.05, 3.63) is 40.1 Å². The zero-order valence-electron chi connectivity index (χ0n) is 15.0. The molecule has 0 bridgehead atoms. The molecule has 5 nitrogen and oxygen atoms in total. The van der Waals surface area contributed by atoms with Crippen LogP contribution < -0.4 is 10.6 Å². The summed E-state index contributed by atoms with van der Waals surface area (Å²) in [7, 11) is 0. The second-order valence-corrected chi connectivity index (χ2v) is 6.97. The highest BCUT2D eigenvalue weighted by molar-refractivity contribution is 7.11. The quantitative estimate of drug-likeness (QED) is 0.415. The highest BCUT2D eigenvalue weighted by Crippen LogP contribution is 2.17. The summed E-state index contributed by atoms with van der Waals surface area (Å²) in [5, 5.41) is 6.74. The minimum absolute atomic E-state index is 0.744. The molecule has 0 amide bonds. The van der Waals surface area contributed by atoms with Crippen molar-refractivity contribution in [3.8, 4) is 0 Å². The van der Waals surface area contributed by atoms with Gasteiger partial charge in [-0.1, -0.05) is 6.92 Å². The van der Waals surface area contributed by atoms with Gasteiger partial charge in [0, 0.05) is 41.8 Å². The Morgan fingerprint density at radius 2 is 2.04 bits per heavy atom. The first kappa shape index (κ1) is 18.5. The van der Waals surface area contributed by atoms with E-state index < -0.39 is 0 Å². The Kier molecular flexibility index (Phi) is 7.82. The molecule has 2 aromatic heterocycles. The van der Waals surface area contributed by atoms with Crippen LogP contribution in [-0.4, -0.2) is 28.6 Å². The number of unbranched alkanes of at least 4 members (excludes halogenated alkanes) is 1. The molecule has 0 radical (unpaired) electrons. The van der Waals surface area contributed by atoms with E-state index >= 15 is 0 Å². The van der Waals surface area contributed by atoms with E-state index in [4.69, 9.17) is 0 Å². The summed E-state index contributed by atoms with van der Waals surface area (Å²) in [6, 6.07) is 4.39. The SMILES string of the molecule is CCNC(=NCc1ccc(CC)s1)NCCCCn1ccnc1C. The molecule has 2 rings (SSSR count). The van der Waals surface area contributed by atoms with Crippen molar-refractivity contribution in [2.45, 2.75) is 53.1 Å². The van der Waals surface area contributed by atoms with Crippen LogP contribution in [0.4, 0.5) is 0 Å². The van der Waals surface area contributed by atoms with Gasteiger partial charge >= 0.3 is 0 Å². The standard InChI is InChI=1S/C18H29N5S/c1-4-16-8-9-17(24-16)14-22-18(19-5-2)21-10-6-7-12-23-13-11-20-15(23)3/h8-9,11,13H,4-7,10,12,14H2,1-3H3,(H2,19,21,22). The molecular formula is C18H29N5S. The molecule has 0 fully saturated rings. The first-order valence-electron chi connectivity index (χ1n) is 8.80. The van der Waals surface area contributed by atoms with E-state index in [-0.39, 0.29) is 0 Å². The molecule has 132 valence electrons. The normalized spacial score (nSPS) is 11.7. The molecule has 0 aliphatic heterocycles. The highest BCUT2D eigenvalue weighted by Gasteiger charge is 2.01. The highest BCUT2D eigenvalue weighted by atomic mass is 32.1. The van der Waals surface area contributed by atoms with Gasteiger partial charge in [-0.15, -0.1) is 11.3 Å². The van der Waals surface area contributed by atoms with Crippen LogP contribution >= 0.6 is 11.3 Å². The Labute approximate surface area is 149 Å². The molecule has 0 unspecified atom stereocenters. The molecule has 0 aliphatic rings. The van der Waals surface area contributed by atoms with Gasteiger partial charge in [0.25, 0.3) is 0 Å². The minimum atomic E-state index is 0.744. The largest absolute Gasteiger partial charge is 0.357 e. The number of rotatable bonds is 9. The molecule has 6 heteroatoms. The molecule has 0 aromatic carbocycles. The van der Waals surface area contributed by atoms with Gasteiger partial charge in [0.15, 0.2) is 5.96 Å². The fourth-order valence-corrected chi connectivity index (χ4v) is 3.33. The molecule has 2 aromatic rings. The van der Waals surface area contributed by atoms with Crippen molar-refractivity contribution in [3.63, 3.8) is 0 Å². The number of imidazole rings is 1. The van der Waals surface area contributed by atoms with Crippen molar-refractivity contribution >= 4 is 17.3 Å². The number of thiophene rings is 1. The zero-order valence-corrected chi connectivity index (χ0v) is 15.8. The number of guanidine groups is 1. The molecule has 0 aliphatic carbocycles. The number of nitrogens with zero attached hydrogens (tertiary/aromatic N) is 3. The molecule has 0 saturated carbocycles. The maximum Gasteiger partial charge on any atom is 0.191 e. The van der Waals surface area contributed by atoms with Crippen LogP contribution in [0.1, 0.15) is 42.3 Å². The average Bonchev–Trinajstić information content (AvgIpc) is 3.21. The summed E-state index contributed by atoms with van der Waals surface area (Å²) < 4.78 is 2.20. The smallest absolute Gasteiger partial charge is 0.191 e. The van der Waals surface area contributed by atoms with Gasteiger partial charge < -0.3 is 15.2 Å². The van der Waals surface area contributed by atoms with E-state index in [1.165, 1.54) is 9.75 Å². The maximum absolute atomic E-state index is 4.68. The van der Waals surface area contributed by atoms with Gasteiger partial charge in [-0.3, -0.25) is 0 Å². The van der Waals surface area contributed by atoms with E-state index in [2.05, 4.69) is 51.2 Å². The number of aliphatic imine (C=N–C) groups is 1. The first-order valence-corrected chi connectivity index (χ1v) is 9.62. The Hall–Kier alpha value is -1.82. The van der Waals surface area contributed by atoms with E-state index in [0.29, 0.717) is 0 Å². The third-order valence-electron chi connectivity index (χ3n) is 3.84. The van der Waals surface area contributed by atoms with Crippen LogP contribution in [0.15, 0.2) is 29.5 Å². The van der Waals surface area contributed by atoms with Crippen molar-refractivity contribution in [2.24, 2.45) is 4.99 Å². The third kappa shape index (κ3) is 6.00. The van der Waals surface area contributed by atoms with Gasteiger partial charge in [-0.25, -0.2) is 9.98 Å². The third-order valence-corrected chi connectivity index (χ3v) is 5.06. The lowest BCUT2D eigenvalue weighted by atomic mass is 10.3. The predicted molar refractivity (Wildman–Crippen MR) is 103 cm³/mol. The summed E-state index contributed by atoms with van der Waals surface area (Å²) in [6.45, 7) is 9.91.